The van der Waals surface area contributed by atoms with Gasteiger partial charge in [0.25, 0.3) is 17.6 Å². The van der Waals surface area contributed by atoms with Crippen LogP contribution in [0, 0.1) is 19.7 Å². The van der Waals surface area contributed by atoms with Gasteiger partial charge in [0.15, 0.2) is 0 Å². The molecule has 0 atom stereocenters. The molecule has 160 valence electrons. The number of carbonyl (C=O) groups is 3. The van der Waals surface area contributed by atoms with Crippen LogP contribution in [0.2, 0.25) is 0 Å². The van der Waals surface area contributed by atoms with Crippen LogP contribution in [-0.4, -0.2) is 39.4 Å². The van der Waals surface area contributed by atoms with Crippen molar-refractivity contribution in [1.29, 1.82) is 0 Å². The first kappa shape index (κ1) is 21.7. The van der Waals surface area contributed by atoms with Crippen LogP contribution < -0.4 is 10.6 Å². The van der Waals surface area contributed by atoms with Gasteiger partial charge < -0.3 is 20.3 Å². The number of nitrogens with one attached hydrogen (secondary N) is 2. The normalized spacial score (nSPS) is 18.7. The molecule has 1 aromatic heterocycles. The first-order valence-corrected chi connectivity index (χ1v) is 9.95. The van der Waals surface area contributed by atoms with Gasteiger partial charge in [-0.25, -0.2) is 4.39 Å². The van der Waals surface area contributed by atoms with E-state index < -0.39 is 23.4 Å². The maximum absolute atomic E-state index is 13.1. The summed E-state index contributed by atoms with van der Waals surface area (Å²) in [5.41, 5.74) is 1.84. The number of hydrogen-bond donors (Lipinski definition) is 3. The van der Waals surface area contributed by atoms with E-state index in [9.17, 15) is 23.9 Å². The Kier molecular flexibility index (Phi) is 6.36. The minimum absolute atomic E-state index is 0.146. The van der Waals surface area contributed by atoms with E-state index in [1.165, 1.54) is 24.3 Å². The number of carbonyl (C=O) groups excluding carboxylic acids is 3. The molecule has 1 aliphatic rings. The molecule has 0 bridgehead atoms. The molecular formula is C22H26FN3O4. The predicted molar refractivity (Wildman–Crippen MR) is 110 cm³/mol. The van der Waals surface area contributed by atoms with Crippen molar-refractivity contribution in [2.24, 2.45) is 7.05 Å². The Morgan fingerprint density at radius 2 is 1.67 bits per heavy atom. The molecule has 2 amide bonds. The van der Waals surface area contributed by atoms with Gasteiger partial charge in [-0.15, -0.1) is 0 Å². The molecule has 3 N–H and O–H groups in total. The summed E-state index contributed by atoms with van der Waals surface area (Å²) in [7, 11) is 1.63. The van der Waals surface area contributed by atoms with E-state index in [0.29, 0.717) is 48.2 Å². The molecule has 1 aliphatic carbocycles. The minimum Gasteiger partial charge on any atom is -0.393 e. The molecule has 1 aromatic carbocycles. The van der Waals surface area contributed by atoms with Gasteiger partial charge in [0.1, 0.15) is 5.82 Å². The summed E-state index contributed by atoms with van der Waals surface area (Å²) in [5, 5.41) is 15.0. The maximum Gasteiger partial charge on any atom is 0.294 e. The van der Waals surface area contributed by atoms with Crippen LogP contribution in [-0.2, 0) is 11.8 Å². The number of aromatic nitrogens is 1. The second-order valence-corrected chi connectivity index (χ2v) is 7.76. The standard InChI is InChI=1S/C22H26FN3O4/c1-12-18(21(29)24-15-6-4-14(23)5-7-15)13(2)26(3)19(12)20(28)22(30)25-16-8-10-17(27)11-9-16/h4-7,16-17,27H,8-11H2,1-3H3,(H,24,29)(H,25,30)/t16-,17+. The van der Waals surface area contributed by atoms with E-state index in [4.69, 9.17) is 0 Å². The third-order valence-corrected chi connectivity index (χ3v) is 5.71. The van der Waals surface area contributed by atoms with Crippen LogP contribution in [0.5, 0.6) is 0 Å². The Balaban J connectivity index is 1.79. The average molecular weight is 415 g/mol. The Labute approximate surface area is 174 Å². The zero-order chi connectivity index (χ0) is 22.0. The van der Waals surface area contributed by atoms with E-state index in [2.05, 4.69) is 10.6 Å². The van der Waals surface area contributed by atoms with Crippen LogP contribution in [0.3, 0.4) is 0 Å². The van der Waals surface area contributed by atoms with Gasteiger partial charge in [-0.2, -0.15) is 0 Å². The monoisotopic (exact) mass is 415 g/mol. The molecule has 7 nitrogen and oxygen atoms in total. The highest BCUT2D eigenvalue weighted by atomic mass is 19.1. The van der Waals surface area contributed by atoms with Gasteiger partial charge in [0.2, 0.25) is 0 Å². The van der Waals surface area contributed by atoms with Gasteiger partial charge in [-0.1, -0.05) is 0 Å². The molecule has 30 heavy (non-hydrogen) atoms. The third kappa shape index (κ3) is 4.43. The number of ketones is 1. The van der Waals surface area contributed by atoms with E-state index in [0.717, 1.165) is 0 Å². The number of nitrogens with zero attached hydrogens (tertiary/aromatic N) is 1. The summed E-state index contributed by atoms with van der Waals surface area (Å²) in [6, 6.07) is 5.23. The highest BCUT2D eigenvalue weighted by molar-refractivity contribution is 6.43. The van der Waals surface area contributed by atoms with Crippen molar-refractivity contribution in [2.45, 2.75) is 51.7 Å². The first-order valence-electron chi connectivity index (χ1n) is 9.95. The molecular weight excluding hydrogens is 389 g/mol. The summed E-state index contributed by atoms with van der Waals surface area (Å²) in [5.74, 6) is -2.27. The van der Waals surface area contributed by atoms with Crippen molar-refractivity contribution in [3.05, 3.63) is 52.6 Å². The summed E-state index contributed by atoms with van der Waals surface area (Å²) in [4.78, 5) is 38.2. The Morgan fingerprint density at radius 3 is 2.27 bits per heavy atom. The Bertz CT molecular complexity index is 973. The zero-order valence-electron chi connectivity index (χ0n) is 17.3. The summed E-state index contributed by atoms with van der Waals surface area (Å²) < 4.78 is 14.6. The molecule has 2 aromatic rings. The van der Waals surface area contributed by atoms with E-state index in [-0.39, 0.29) is 17.8 Å². The number of aliphatic hydroxyl groups excluding tert-OH is 1. The highest BCUT2D eigenvalue weighted by Crippen LogP contribution is 2.24. The van der Waals surface area contributed by atoms with Crippen molar-refractivity contribution < 1.29 is 23.9 Å². The lowest BCUT2D eigenvalue weighted by Crippen LogP contribution is -2.42. The number of hydrogen-bond acceptors (Lipinski definition) is 4. The molecule has 1 saturated carbocycles. The zero-order valence-corrected chi connectivity index (χ0v) is 17.3. The Morgan fingerprint density at radius 1 is 1.07 bits per heavy atom. The van der Waals surface area contributed by atoms with E-state index in [1.807, 2.05) is 0 Å². The molecule has 0 unspecified atom stereocenters. The van der Waals surface area contributed by atoms with E-state index >= 15 is 0 Å². The predicted octanol–water partition coefficient (Wildman–Crippen LogP) is 2.64. The van der Waals surface area contributed by atoms with Crippen molar-refractivity contribution in [3.63, 3.8) is 0 Å². The molecule has 0 radical (unpaired) electrons. The fraction of sp³-hybridized carbons (Fsp3) is 0.409. The molecule has 0 saturated heterocycles. The van der Waals surface area contributed by atoms with Crippen LogP contribution in [0.15, 0.2) is 24.3 Å². The largest absolute Gasteiger partial charge is 0.393 e. The number of amides is 2. The van der Waals surface area contributed by atoms with Crippen molar-refractivity contribution in [3.8, 4) is 0 Å². The van der Waals surface area contributed by atoms with Gasteiger partial charge in [0.05, 0.1) is 17.4 Å². The Hall–Kier alpha value is -3.00. The smallest absolute Gasteiger partial charge is 0.294 e. The number of aliphatic hydroxyl groups is 1. The number of benzene rings is 1. The van der Waals surface area contributed by atoms with Gasteiger partial charge in [0, 0.05) is 24.5 Å². The molecule has 0 aliphatic heterocycles. The highest BCUT2D eigenvalue weighted by Gasteiger charge is 2.30. The van der Waals surface area contributed by atoms with E-state index in [1.54, 1.807) is 25.5 Å². The lowest BCUT2D eigenvalue weighted by molar-refractivity contribution is -0.118. The SMILES string of the molecule is Cc1c(C(=O)Nc2ccc(F)cc2)c(C)n(C)c1C(=O)C(=O)N[C@H]1CC[C@@H](O)CC1. The van der Waals surface area contributed by atoms with Crippen molar-refractivity contribution in [2.75, 3.05) is 5.32 Å². The average Bonchev–Trinajstić information content (AvgIpc) is 2.93. The topological polar surface area (TPSA) is 100 Å². The summed E-state index contributed by atoms with van der Waals surface area (Å²) in [6.07, 6.45) is 2.08. The molecule has 3 rings (SSSR count). The fourth-order valence-electron chi connectivity index (χ4n) is 3.94. The van der Waals surface area contributed by atoms with Crippen LogP contribution >= 0.6 is 0 Å². The van der Waals surface area contributed by atoms with Crippen molar-refractivity contribution in [1.82, 2.24) is 9.88 Å². The number of halogens is 1. The molecule has 1 fully saturated rings. The summed E-state index contributed by atoms with van der Waals surface area (Å²) >= 11 is 0. The summed E-state index contributed by atoms with van der Waals surface area (Å²) in [6.45, 7) is 3.33. The van der Waals surface area contributed by atoms with Crippen LogP contribution in [0.4, 0.5) is 10.1 Å². The van der Waals surface area contributed by atoms with Gasteiger partial charge in [-0.05, 0) is 69.4 Å². The number of anilines is 1. The fourth-order valence-corrected chi connectivity index (χ4v) is 3.94. The molecule has 0 spiro atoms. The second-order valence-electron chi connectivity index (χ2n) is 7.76. The number of rotatable bonds is 5. The van der Waals surface area contributed by atoms with Gasteiger partial charge >= 0.3 is 0 Å². The maximum atomic E-state index is 13.1. The van der Waals surface area contributed by atoms with Crippen molar-refractivity contribution >= 4 is 23.3 Å². The molecule has 1 heterocycles. The van der Waals surface area contributed by atoms with Crippen LogP contribution in [0.25, 0.3) is 0 Å². The lowest BCUT2D eigenvalue weighted by atomic mass is 9.93. The number of Topliss-reactive ketones (excluding diaryl/α,β-unsaturated/α-hetero) is 1. The van der Waals surface area contributed by atoms with Gasteiger partial charge in [-0.3, -0.25) is 14.4 Å². The minimum atomic E-state index is -0.717. The van der Waals surface area contributed by atoms with Crippen LogP contribution in [0.1, 0.15) is 57.8 Å². The lowest BCUT2D eigenvalue weighted by Gasteiger charge is -2.25. The third-order valence-electron chi connectivity index (χ3n) is 5.71. The molecule has 8 heteroatoms. The quantitative estimate of drug-likeness (QED) is 0.516. The second kappa shape index (κ2) is 8.79. The first-order chi connectivity index (χ1) is 14.2.